The number of benzene rings is 1. The molecule has 0 saturated heterocycles. The van der Waals surface area contributed by atoms with Crippen LogP contribution >= 0.6 is 0 Å². The van der Waals surface area contributed by atoms with Crippen molar-refractivity contribution in [1.82, 2.24) is 0 Å². The number of aromatic hydroxyl groups is 4. The fraction of sp³-hybridized carbons (Fsp3) is 0. The molecule has 0 saturated carbocycles. The first-order chi connectivity index (χ1) is 7.77. The molecule has 0 aromatic heterocycles. The normalized spacial score (nSPS) is 12.0. The van der Waals surface area contributed by atoms with Gasteiger partial charge in [0.15, 0.2) is 17.3 Å². The highest BCUT2D eigenvalue weighted by molar-refractivity contribution is 5.93. The average Bonchev–Trinajstić information content (AvgIpc) is 2.29. The molecule has 0 aliphatic heterocycles. The molecular formula is C9H8O8. The fourth-order valence-corrected chi connectivity index (χ4v) is 1.04. The topological polar surface area (TPSA) is 159 Å². The Bertz CT molecular complexity index is 516. The van der Waals surface area contributed by atoms with Gasteiger partial charge in [0.05, 0.1) is 5.56 Å². The lowest BCUT2D eigenvalue weighted by molar-refractivity contribution is -0.135. The minimum absolute atomic E-state index is 0.568. The highest BCUT2D eigenvalue weighted by atomic mass is 16.4. The third-order valence-corrected chi connectivity index (χ3v) is 1.91. The summed E-state index contributed by atoms with van der Waals surface area (Å²) in [5, 5.41) is 63.1. The zero-order valence-corrected chi connectivity index (χ0v) is 8.12. The number of hydrogen-bond donors (Lipinski definition) is 7. The number of carboxylic acid groups (broad SMARTS) is 1. The van der Waals surface area contributed by atoms with Gasteiger partial charge in [-0.15, -0.1) is 0 Å². The molecule has 1 aromatic carbocycles. The van der Waals surface area contributed by atoms with Gasteiger partial charge in [-0.05, 0) is 6.07 Å². The summed E-state index contributed by atoms with van der Waals surface area (Å²) >= 11 is 0. The first-order valence-electron chi connectivity index (χ1n) is 4.10. The molecule has 8 heteroatoms. The van der Waals surface area contributed by atoms with Crippen molar-refractivity contribution in [1.29, 1.82) is 0 Å². The molecule has 1 aromatic rings. The molecule has 0 amide bonds. The van der Waals surface area contributed by atoms with Crippen molar-refractivity contribution in [2.24, 2.45) is 0 Å². The SMILES string of the molecule is O=C(O)C(O)=C(O)c1cc(O)c(O)c(O)c1O. The predicted octanol–water partition coefficient (Wildman–Crippen LogP) is 0.378. The van der Waals surface area contributed by atoms with E-state index in [2.05, 4.69) is 0 Å². The summed E-state index contributed by atoms with van der Waals surface area (Å²) in [5.74, 6) is -8.87. The molecule has 1 rings (SSSR count). The van der Waals surface area contributed by atoms with Gasteiger partial charge in [-0.25, -0.2) is 4.79 Å². The van der Waals surface area contributed by atoms with E-state index < -0.39 is 46.0 Å². The highest BCUT2D eigenvalue weighted by Crippen LogP contribution is 2.45. The van der Waals surface area contributed by atoms with Gasteiger partial charge in [-0.1, -0.05) is 0 Å². The Morgan fingerprint density at radius 2 is 1.41 bits per heavy atom. The van der Waals surface area contributed by atoms with Crippen molar-refractivity contribution >= 4 is 11.7 Å². The minimum atomic E-state index is -1.88. The molecule has 0 bridgehead atoms. The maximum atomic E-state index is 10.3. The molecule has 7 N–H and O–H groups in total. The van der Waals surface area contributed by atoms with E-state index in [1.165, 1.54) is 0 Å². The second-order valence-corrected chi connectivity index (χ2v) is 2.99. The number of phenols is 4. The highest BCUT2D eigenvalue weighted by Gasteiger charge is 2.23. The molecule has 0 aliphatic carbocycles. The number of carbonyl (C=O) groups is 1. The lowest BCUT2D eigenvalue weighted by Gasteiger charge is -2.09. The Labute approximate surface area is 93.6 Å². The third kappa shape index (κ3) is 1.95. The lowest BCUT2D eigenvalue weighted by Crippen LogP contribution is -2.03. The van der Waals surface area contributed by atoms with Crippen molar-refractivity contribution in [3.05, 3.63) is 17.4 Å². The summed E-state index contributed by atoms with van der Waals surface area (Å²) in [4.78, 5) is 10.3. The molecule has 0 heterocycles. The number of aliphatic hydroxyl groups is 2. The molecule has 92 valence electrons. The molecule has 0 fully saturated rings. The zero-order valence-electron chi connectivity index (χ0n) is 8.12. The summed E-state index contributed by atoms with van der Waals surface area (Å²) in [6.45, 7) is 0. The molecule has 0 aliphatic rings. The maximum Gasteiger partial charge on any atom is 0.374 e. The number of aliphatic carboxylic acids is 1. The number of phenolic OH excluding ortho intramolecular Hbond substituents is 4. The summed E-state index contributed by atoms with van der Waals surface area (Å²) in [7, 11) is 0. The smallest absolute Gasteiger partial charge is 0.374 e. The van der Waals surface area contributed by atoms with Gasteiger partial charge in [-0.2, -0.15) is 0 Å². The van der Waals surface area contributed by atoms with E-state index in [-0.39, 0.29) is 0 Å². The minimum Gasteiger partial charge on any atom is -0.504 e. The molecule has 17 heavy (non-hydrogen) atoms. The van der Waals surface area contributed by atoms with E-state index in [9.17, 15) is 15.0 Å². The van der Waals surface area contributed by atoms with Gasteiger partial charge in [0.1, 0.15) is 0 Å². The summed E-state index contributed by atoms with van der Waals surface area (Å²) < 4.78 is 0. The number of aliphatic hydroxyl groups excluding tert-OH is 2. The number of carboxylic acids is 1. The van der Waals surface area contributed by atoms with E-state index in [4.69, 9.17) is 25.5 Å². The Balaban J connectivity index is 3.54. The first-order valence-corrected chi connectivity index (χ1v) is 4.10. The predicted molar refractivity (Wildman–Crippen MR) is 52.9 cm³/mol. The number of hydrogen-bond acceptors (Lipinski definition) is 7. The van der Waals surface area contributed by atoms with Crippen LogP contribution in [0.1, 0.15) is 5.56 Å². The third-order valence-electron chi connectivity index (χ3n) is 1.91. The summed E-state index contributed by atoms with van der Waals surface area (Å²) in [6, 6.07) is 0.568. The monoisotopic (exact) mass is 244 g/mol. The number of rotatable bonds is 2. The van der Waals surface area contributed by atoms with E-state index >= 15 is 0 Å². The summed E-state index contributed by atoms with van der Waals surface area (Å²) in [5.41, 5.74) is -0.752. The van der Waals surface area contributed by atoms with Gasteiger partial charge < -0.3 is 35.7 Å². The quantitative estimate of drug-likeness (QED) is 0.170. The van der Waals surface area contributed by atoms with Crippen LogP contribution in [0.25, 0.3) is 5.76 Å². The molecule has 0 radical (unpaired) electrons. The molecular weight excluding hydrogens is 236 g/mol. The van der Waals surface area contributed by atoms with Crippen molar-refractivity contribution in [2.45, 2.75) is 0 Å². The average molecular weight is 244 g/mol. The van der Waals surface area contributed by atoms with Crippen LogP contribution in [0.3, 0.4) is 0 Å². The second-order valence-electron chi connectivity index (χ2n) is 2.99. The van der Waals surface area contributed by atoms with E-state index in [1.807, 2.05) is 0 Å². The van der Waals surface area contributed by atoms with Gasteiger partial charge >= 0.3 is 5.97 Å². The van der Waals surface area contributed by atoms with Crippen LogP contribution in [0.5, 0.6) is 23.0 Å². The van der Waals surface area contributed by atoms with Crippen LogP contribution in [0.2, 0.25) is 0 Å². The van der Waals surface area contributed by atoms with Crippen molar-refractivity contribution in [2.75, 3.05) is 0 Å². The van der Waals surface area contributed by atoms with Crippen molar-refractivity contribution in [3.8, 4) is 23.0 Å². The van der Waals surface area contributed by atoms with Crippen LogP contribution in [-0.2, 0) is 4.79 Å². The molecule has 0 spiro atoms. The van der Waals surface area contributed by atoms with Crippen LogP contribution in [0.15, 0.2) is 11.8 Å². The lowest BCUT2D eigenvalue weighted by atomic mass is 10.1. The van der Waals surface area contributed by atoms with Gasteiger partial charge in [0, 0.05) is 0 Å². The van der Waals surface area contributed by atoms with Crippen molar-refractivity contribution in [3.63, 3.8) is 0 Å². The van der Waals surface area contributed by atoms with Crippen LogP contribution in [0, 0.1) is 0 Å². The van der Waals surface area contributed by atoms with E-state index in [0.717, 1.165) is 0 Å². The Hall–Kier alpha value is -2.77. The Morgan fingerprint density at radius 1 is 0.882 bits per heavy atom. The standard InChI is InChI=1S/C9H8O8/c10-3-1-2(4(11)7(14)6(3)13)5(12)8(15)9(16)17/h1,10-15H,(H,16,17). The molecule has 8 nitrogen and oxygen atoms in total. The van der Waals surface area contributed by atoms with E-state index in [0.29, 0.717) is 6.07 Å². The fourth-order valence-electron chi connectivity index (χ4n) is 1.04. The van der Waals surface area contributed by atoms with Crippen LogP contribution < -0.4 is 0 Å². The molecule has 0 unspecified atom stereocenters. The van der Waals surface area contributed by atoms with Gasteiger partial charge in [0.2, 0.25) is 17.3 Å². The van der Waals surface area contributed by atoms with Crippen LogP contribution in [0.4, 0.5) is 0 Å². The largest absolute Gasteiger partial charge is 0.504 e. The first kappa shape index (κ1) is 12.3. The maximum absolute atomic E-state index is 10.3. The van der Waals surface area contributed by atoms with Crippen molar-refractivity contribution < 1.29 is 40.5 Å². The van der Waals surface area contributed by atoms with Gasteiger partial charge in [0.25, 0.3) is 0 Å². The Kier molecular flexibility index (Phi) is 2.90. The summed E-state index contributed by atoms with van der Waals surface area (Å²) in [6.07, 6.45) is 0. The zero-order chi connectivity index (χ0) is 13.3. The molecule has 0 atom stereocenters. The van der Waals surface area contributed by atoms with Gasteiger partial charge in [-0.3, -0.25) is 0 Å². The Morgan fingerprint density at radius 3 is 1.88 bits per heavy atom. The second kappa shape index (κ2) is 4.00. The van der Waals surface area contributed by atoms with Crippen LogP contribution in [-0.4, -0.2) is 41.7 Å². The van der Waals surface area contributed by atoms with E-state index in [1.54, 1.807) is 0 Å².